The van der Waals surface area contributed by atoms with Gasteiger partial charge in [0.1, 0.15) is 0 Å². The summed E-state index contributed by atoms with van der Waals surface area (Å²) in [6, 6.07) is 4.39. The fourth-order valence-corrected chi connectivity index (χ4v) is 2.32. The Morgan fingerprint density at radius 1 is 1.38 bits per heavy atom. The van der Waals surface area contributed by atoms with E-state index in [2.05, 4.69) is 20.7 Å². The third-order valence-corrected chi connectivity index (χ3v) is 3.36. The van der Waals surface area contributed by atoms with Crippen LogP contribution in [0.3, 0.4) is 0 Å². The lowest BCUT2D eigenvalue weighted by Gasteiger charge is -2.14. The average molecular weight is 233 g/mol. The van der Waals surface area contributed by atoms with Crippen molar-refractivity contribution in [2.24, 2.45) is 0 Å². The molecule has 0 fully saturated rings. The molecule has 1 unspecified atom stereocenters. The molecule has 0 aliphatic heterocycles. The Kier molecular flexibility index (Phi) is 3.64. The van der Waals surface area contributed by atoms with E-state index in [1.54, 1.807) is 11.3 Å². The summed E-state index contributed by atoms with van der Waals surface area (Å²) in [6.45, 7) is 2.04. The Bertz CT molecular complexity index is 439. The van der Waals surface area contributed by atoms with E-state index in [0.717, 1.165) is 17.1 Å². The number of aromatic nitrogens is 2. The van der Waals surface area contributed by atoms with Crippen molar-refractivity contribution in [2.75, 3.05) is 7.05 Å². The average Bonchev–Trinajstić information content (AvgIpc) is 2.73. The minimum Gasteiger partial charge on any atom is -0.313 e. The third-order valence-electron chi connectivity index (χ3n) is 2.54. The topological polar surface area (TPSA) is 37.8 Å². The molecule has 0 saturated heterocycles. The van der Waals surface area contributed by atoms with E-state index in [-0.39, 0.29) is 0 Å². The lowest BCUT2D eigenvalue weighted by Crippen LogP contribution is -2.18. The van der Waals surface area contributed by atoms with Crippen molar-refractivity contribution in [3.8, 4) is 0 Å². The van der Waals surface area contributed by atoms with Crippen LogP contribution in [-0.4, -0.2) is 17.0 Å². The number of nitrogens with zero attached hydrogens (tertiary/aromatic N) is 2. The van der Waals surface area contributed by atoms with Crippen LogP contribution in [0, 0.1) is 6.92 Å². The summed E-state index contributed by atoms with van der Waals surface area (Å²) in [5.41, 5.74) is 2.40. The first kappa shape index (κ1) is 11.2. The Balaban J connectivity index is 2.12. The summed E-state index contributed by atoms with van der Waals surface area (Å²) in [4.78, 5) is 8.52. The maximum atomic E-state index is 4.49. The first-order valence-corrected chi connectivity index (χ1v) is 6.15. The fourth-order valence-electron chi connectivity index (χ4n) is 1.69. The molecule has 0 aromatic carbocycles. The van der Waals surface area contributed by atoms with Gasteiger partial charge in [-0.3, -0.25) is 4.98 Å². The zero-order valence-corrected chi connectivity index (χ0v) is 10.3. The van der Waals surface area contributed by atoms with E-state index < -0.39 is 0 Å². The van der Waals surface area contributed by atoms with Crippen LogP contribution in [0.25, 0.3) is 0 Å². The molecule has 2 aromatic heterocycles. The van der Waals surface area contributed by atoms with Crippen molar-refractivity contribution in [2.45, 2.75) is 19.4 Å². The highest BCUT2D eigenvalue weighted by molar-refractivity contribution is 7.09. The lowest BCUT2D eigenvalue weighted by molar-refractivity contribution is 0.585. The molecule has 1 N–H and O–H groups in total. The van der Waals surface area contributed by atoms with Crippen LogP contribution in [-0.2, 0) is 6.42 Å². The predicted molar refractivity (Wildman–Crippen MR) is 66.6 cm³/mol. The zero-order chi connectivity index (χ0) is 11.4. The van der Waals surface area contributed by atoms with E-state index in [9.17, 15) is 0 Å². The number of thiazole rings is 1. The highest BCUT2D eigenvalue weighted by Gasteiger charge is 2.11. The number of hydrogen-bond donors (Lipinski definition) is 1. The van der Waals surface area contributed by atoms with Gasteiger partial charge in [0, 0.05) is 30.2 Å². The molecule has 0 aliphatic carbocycles. The highest BCUT2D eigenvalue weighted by Crippen LogP contribution is 2.18. The Labute approximate surface area is 99.6 Å². The Morgan fingerprint density at radius 2 is 2.12 bits per heavy atom. The van der Waals surface area contributed by atoms with E-state index >= 15 is 0 Å². The summed E-state index contributed by atoms with van der Waals surface area (Å²) in [5, 5.41) is 6.56. The van der Waals surface area contributed by atoms with Gasteiger partial charge in [0.25, 0.3) is 0 Å². The van der Waals surface area contributed by atoms with E-state index in [4.69, 9.17) is 0 Å². The van der Waals surface area contributed by atoms with Gasteiger partial charge >= 0.3 is 0 Å². The lowest BCUT2D eigenvalue weighted by atomic mass is 10.0. The maximum Gasteiger partial charge on any atom is 0.0897 e. The second kappa shape index (κ2) is 5.18. The largest absolute Gasteiger partial charge is 0.313 e. The van der Waals surface area contributed by atoms with Gasteiger partial charge in [-0.05, 0) is 31.7 Å². The molecular weight excluding hydrogens is 218 g/mol. The van der Waals surface area contributed by atoms with Gasteiger partial charge in [0.15, 0.2) is 0 Å². The first-order chi connectivity index (χ1) is 7.79. The second-order valence-electron chi connectivity index (χ2n) is 3.68. The van der Waals surface area contributed by atoms with Gasteiger partial charge in [-0.25, -0.2) is 4.98 Å². The van der Waals surface area contributed by atoms with E-state index in [0.29, 0.717) is 6.04 Å². The number of nitrogens with one attached hydrogen (secondary N) is 1. The van der Waals surface area contributed by atoms with Crippen LogP contribution in [0.2, 0.25) is 0 Å². The summed E-state index contributed by atoms with van der Waals surface area (Å²) in [7, 11) is 1.98. The molecule has 0 amide bonds. The molecule has 0 saturated carbocycles. The smallest absolute Gasteiger partial charge is 0.0897 e. The molecule has 2 aromatic rings. The first-order valence-electron chi connectivity index (χ1n) is 5.28. The van der Waals surface area contributed by atoms with Gasteiger partial charge in [-0.2, -0.15) is 0 Å². The number of likely N-dealkylation sites (N-methyl/N-ethyl adjacent to an activating group) is 1. The van der Waals surface area contributed by atoms with Gasteiger partial charge in [0.2, 0.25) is 0 Å². The number of hydrogen-bond acceptors (Lipinski definition) is 4. The van der Waals surface area contributed by atoms with Crippen LogP contribution in [0.1, 0.15) is 22.3 Å². The molecule has 84 valence electrons. The maximum absolute atomic E-state index is 4.49. The van der Waals surface area contributed by atoms with Crippen molar-refractivity contribution in [1.29, 1.82) is 0 Å². The van der Waals surface area contributed by atoms with Crippen LogP contribution < -0.4 is 5.32 Å². The molecule has 0 radical (unpaired) electrons. The van der Waals surface area contributed by atoms with Crippen LogP contribution in [0.4, 0.5) is 0 Å². The van der Waals surface area contributed by atoms with Crippen molar-refractivity contribution in [3.63, 3.8) is 0 Å². The summed E-state index contributed by atoms with van der Waals surface area (Å²) in [5.74, 6) is 0. The molecule has 16 heavy (non-hydrogen) atoms. The van der Waals surface area contributed by atoms with Crippen molar-refractivity contribution in [3.05, 3.63) is 46.2 Å². The van der Waals surface area contributed by atoms with Gasteiger partial charge in [0.05, 0.1) is 10.7 Å². The molecule has 0 spiro atoms. The van der Waals surface area contributed by atoms with Crippen LogP contribution >= 0.6 is 11.3 Å². The Hall–Kier alpha value is -1.26. The molecule has 2 heterocycles. The fraction of sp³-hybridized carbons (Fsp3) is 0.333. The second-order valence-corrected chi connectivity index (χ2v) is 4.75. The normalized spacial score (nSPS) is 12.6. The van der Waals surface area contributed by atoms with Crippen molar-refractivity contribution in [1.82, 2.24) is 15.3 Å². The van der Waals surface area contributed by atoms with Crippen LogP contribution in [0.5, 0.6) is 0 Å². The minimum absolute atomic E-state index is 0.310. The SMILES string of the molecule is CNC(Cc1csc(C)n1)c1ccncc1. The number of rotatable bonds is 4. The quantitative estimate of drug-likeness (QED) is 0.881. The monoisotopic (exact) mass is 233 g/mol. The van der Waals surface area contributed by atoms with Gasteiger partial charge in [-0.15, -0.1) is 11.3 Å². The minimum atomic E-state index is 0.310. The number of aryl methyl sites for hydroxylation is 1. The molecular formula is C12H15N3S. The Morgan fingerprint density at radius 3 is 2.69 bits per heavy atom. The molecule has 0 aliphatic rings. The third kappa shape index (κ3) is 2.65. The van der Waals surface area contributed by atoms with Crippen molar-refractivity contribution < 1.29 is 0 Å². The molecule has 3 nitrogen and oxygen atoms in total. The zero-order valence-electron chi connectivity index (χ0n) is 9.47. The predicted octanol–water partition coefficient (Wildman–Crippen LogP) is 2.35. The molecule has 1 atom stereocenters. The molecule has 2 rings (SSSR count). The van der Waals surface area contributed by atoms with E-state index in [1.807, 2.05) is 38.5 Å². The van der Waals surface area contributed by atoms with Crippen molar-refractivity contribution >= 4 is 11.3 Å². The standard InChI is InChI=1S/C12H15N3S/c1-9-15-11(8-16-9)7-12(13-2)10-3-5-14-6-4-10/h3-6,8,12-13H,7H2,1-2H3. The van der Waals surface area contributed by atoms with Crippen LogP contribution in [0.15, 0.2) is 29.9 Å². The van der Waals surface area contributed by atoms with E-state index in [1.165, 1.54) is 5.56 Å². The summed E-state index contributed by atoms with van der Waals surface area (Å²) >= 11 is 1.70. The molecule has 4 heteroatoms. The summed E-state index contributed by atoms with van der Waals surface area (Å²) in [6.07, 6.45) is 4.57. The summed E-state index contributed by atoms with van der Waals surface area (Å²) < 4.78 is 0. The number of pyridine rings is 1. The highest BCUT2D eigenvalue weighted by atomic mass is 32.1. The van der Waals surface area contributed by atoms with Gasteiger partial charge < -0.3 is 5.32 Å². The van der Waals surface area contributed by atoms with Gasteiger partial charge in [-0.1, -0.05) is 0 Å². The molecule has 0 bridgehead atoms.